The number of unbranched alkanes of at least 4 members (excludes halogenated alkanes) is 2. The van der Waals surface area contributed by atoms with E-state index in [1.165, 1.54) is 9.80 Å². The molecule has 0 radical (unpaired) electrons. The highest BCUT2D eigenvalue weighted by Crippen LogP contribution is 2.43. The second-order valence-corrected chi connectivity index (χ2v) is 15.0. The number of imide groups is 2. The number of nitrogens with zero attached hydrogens (tertiary/aromatic N) is 2. The summed E-state index contributed by atoms with van der Waals surface area (Å²) in [6, 6.07) is 0. The summed E-state index contributed by atoms with van der Waals surface area (Å²) in [5, 5.41) is 0. The van der Waals surface area contributed by atoms with Crippen LogP contribution in [0.2, 0.25) is 0 Å². The van der Waals surface area contributed by atoms with Gasteiger partial charge < -0.3 is 9.47 Å². The second-order valence-electron chi connectivity index (χ2n) is 12.6. The van der Waals surface area contributed by atoms with Crippen molar-refractivity contribution < 1.29 is 28.7 Å². The highest BCUT2D eigenvalue weighted by molar-refractivity contribution is 8.03. The van der Waals surface area contributed by atoms with E-state index in [-0.39, 0.29) is 35.5 Å². The maximum Gasteiger partial charge on any atom is 0.254 e. The molecule has 0 N–H and O–H groups in total. The monoisotopic (exact) mass is 606 g/mol. The third kappa shape index (κ3) is 7.86. The van der Waals surface area contributed by atoms with E-state index in [1.54, 1.807) is 35.7 Å². The molecule has 4 aliphatic rings. The topological polar surface area (TPSA) is 93.2 Å². The first-order valence-electron chi connectivity index (χ1n) is 15.1. The van der Waals surface area contributed by atoms with Gasteiger partial charge in [-0.3, -0.25) is 29.0 Å². The largest absolute Gasteiger partial charge is 0.381 e. The van der Waals surface area contributed by atoms with Crippen molar-refractivity contribution in [2.75, 3.05) is 37.9 Å². The zero-order valence-electron chi connectivity index (χ0n) is 25.1. The van der Waals surface area contributed by atoms with E-state index in [1.807, 2.05) is 27.7 Å². The molecule has 0 saturated carbocycles. The van der Waals surface area contributed by atoms with Gasteiger partial charge in [0.1, 0.15) is 0 Å². The summed E-state index contributed by atoms with van der Waals surface area (Å²) in [6.07, 6.45) is 10.9. The Morgan fingerprint density at radius 3 is 1.46 bits per heavy atom. The molecule has 0 aromatic carbocycles. The summed E-state index contributed by atoms with van der Waals surface area (Å²) in [6.45, 7) is 10.5. The Labute approximate surface area is 253 Å². The van der Waals surface area contributed by atoms with E-state index in [0.717, 1.165) is 79.1 Å². The van der Waals surface area contributed by atoms with Crippen LogP contribution in [0.25, 0.3) is 0 Å². The Hall–Kier alpha value is -1.62. The minimum absolute atomic E-state index is 0.0336. The molecule has 2 unspecified atom stereocenters. The Balaban J connectivity index is 1.01. The van der Waals surface area contributed by atoms with Crippen molar-refractivity contribution in [2.24, 2.45) is 11.8 Å². The number of amides is 4. The summed E-state index contributed by atoms with van der Waals surface area (Å²) in [7, 11) is 0. The van der Waals surface area contributed by atoms with Gasteiger partial charge in [-0.25, -0.2) is 0 Å². The lowest BCUT2D eigenvalue weighted by Crippen LogP contribution is -2.54. The van der Waals surface area contributed by atoms with Crippen LogP contribution in [0.5, 0.6) is 0 Å². The van der Waals surface area contributed by atoms with Crippen molar-refractivity contribution in [2.45, 2.75) is 96.6 Å². The van der Waals surface area contributed by atoms with Gasteiger partial charge in [0.2, 0.25) is 11.8 Å². The first-order chi connectivity index (χ1) is 19.5. The molecule has 0 aromatic heterocycles. The molecule has 4 aliphatic heterocycles. The Bertz CT molecular complexity index is 987. The van der Waals surface area contributed by atoms with Gasteiger partial charge in [0.15, 0.2) is 0 Å². The summed E-state index contributed by atoms with van der Waals surface area (Å²) in [4.78, 5) is 56.0. The molecular formula is C31H46N2O6S2. The van der Waals surface area contributed by atoms with E-state index >= 15 is 0 Å². The van der Waals surface area contributed by atoms with E-state index in [9.17, 15) is 19.2 Å². The number of carbonyl (C=O) groups is 4. The highest BCUT2D eigenvalue weighted by atomic mass is 32.2. The average molecular weight is 607 g/mol. The fourth-order valence-electron chi connectivity index (χ4n) is 6.16. The standard InChI is InChI=1S/C31H46N2O6S2/c1-30(2,32-26(34)20-24-22(28(32)36)10-18-40-24)12-5-7-14-38-16-9-17-39-15-8-6-13-31(3,4)33-27(35)21-25-23(29(33)37)11-19-41-25/h20-23H,5-19H2,1-4H3. The number of ether oxygens (including phenoxy) is 2. The van der Waals surface area contributed by atoms with Gasteiger partial charge in [0.05, 0.1) is 11.8 Å². The van der Waals surface area contributed by atoms with E-state index in [4.69, 9.17) is 9.47 Å². The van der Waals surface area contributed by atoms with Crippen molar-refractivity contribution in [3.8, 4) is 0 Å². The number of hydrogen-bond acceptors (Lipinski definition) is 8. The minimum Gasteiger partial charge on any atom is -0.381 e. The van der Waals surface area contributed by atoms with Gasteiger partial charge in [-0.2, -0.15) is 0 Å². The zero-order valence-corrected chi connectivity index (χ0v) is 26.7. The minimum atomic E-state index is -0.499. The zero-order chi connectivity index (χ0) is 29.6. The van der Waals surface area contributed by atoms with Crippen molar-refractivity contribution >= 4 is 47.2 Å². The number of fused-ring (bicyclic) bond motifs is 2. The molecule has 10 heteroatoms. The Kier molecular flexibility index (Phi) is 11.2. The lowest BCUT2D eigenvalue weighted by atomic mass is 9.90. The number of thioether (sulfide) groups is 2. The molecule has 0 aromatic rings. The Morgan fingerprint density at radius 2 is 1.05 bits per heavy atom. The molecule has 4 rings (SSSR count). The van der Waals surface area contributed by atoms with Gasteiger partial charge >= 0.3 is 0 Å². The number of hydrogen-bond donors (Lipinski definition) is 0. The van der Waals surface area contributed by atoms with Crippen molar-refractivity contribution in [1.29, 1.82) is 0 Å². The van der Waals surface area contributed by atoms with Crippen molar-refractivity contribution in [1.82, 2.24) is 9.80 Å². The highest BCUT2D eigenvalue weighted by Gasteiger charge is 2.45. The molecule has 4 amide bonds. The summed E-state index contributed by atoms with van der Waals surface area (Å²) >= 11 is 3.27. The maximum atomic E-state index is 12.9. The third-order valence-corrected chi connectivity index (χ3v) is 10.8. The molecule has 0 bridgehead atoms. The smallest absolute Gasteiger partial charge is 0.254 e. The molecule has 2 fully saturated rings. The molecule has 0 spiro atoms. The molecule has 41 heavy (non-hydrogen) atoms. The summed E-state index contributed by atoms with van der Waals surface area (Å²) in [5.41, 5.74) is -0.998. The first kappa shape index (κ1) is 32.3. The van der Waals surface area contributed by atoms with Crippen molar-refractivity contribution in [3.63, 3.8) is 0 Å². The average Bonchev–Trinajstić information content (AvgIpc) is 3.56. The Morgan fingerprint density at radius 1 is 0.659 bits per heavy atom. The maximum absolute atomic E-state index is 12.9. The van der Waals surface area contributed by atoms with Crippen LogP contribution in [0.3, 0.4) is 0 Å². The first-order valence-corrected chi connectivity index (χ1v) is 17.1. The van der Waals surface area contributed by atoms with E-state index in [2.05, 4.69) is 0 Å². The summed E-state index contributed by atoms with van der Waals surface area (Å²) < 4.78 is 11.5. The van der Waals surface area contributed by atoms with Gasteiger partial charge in [-0.1, -0.05) is 0 Å². The van der Waals surface area contributed by atoms with Gasteiger partial charge in [0, 0.05) is 59.5 Å². The lowest BCUT2D eigenvalue weighted by molar-refractivity contribution is -0.153. The van der Waals surface area contributed by atoms with Gasteiger partial charge in [-0.05, 0) is 97.0 Å². The van der Waals surface area contributed by atoms with Crippen LogP contribution in [0, 0.1) is 11.8 Å². The molecular weight excluding hydrogens is 560 g/mol. The SMILES string of the molecule is CC(C)(CCCCOCCCOCCCCC(C)(C)N1C(=O)C=C2SCCC2C1=O)N1C(=O)C=C2SCCC2C1=O. The summed E-state index contributed by atoms with van der Waals surface area (Å²) in [5.74, 6) is 1.16. The van der Waals surface area contributed by atoms with Crippen LogP contribution in [0.4, 0.5) is 0 Å². The van der Waals surface area contributed by atoms with Crippen molar-refractivity contribution in [3.05, 3.63) is 22.0 Å². The lowest BCUT2D eigenvalue weighted by Gasteiger charge is -2.40. The van der Waals surface area contributed by atoms with E-state index < -0.39 is 11.1 Å². The fraction of sp³-hybridized carbons (Fsp3) is 0.742. The predicted molar refractivity (Wildman–Crippen MR) is 163 cm³/mol. The second kappa shape index (κ2) is 14.2. The molecule has 0 aliphatic carbocycles. The van der Waals surface area contributed by atoms with Crippen LogP contribution in [0.1, 0.15) is 85.5 Å². The number of rotatable bonds is 16. The van der Waals surface area contributed by atoms with Gasteiger partial charge in [-0.15, -0.1) is 23.5 Å². The van der Waals surface area contributed by atoms with E-state index in [0.29, 0.717) is 26.4 Å². The van der Waals surface area contributed by atoms with Crippen LogP contribution >= 0.6 is 23.5 Å². The van der Waals surface area contributed by atoms with Crippen LogP contribution in [0.15, 0.2) is 22.0 Å². The molecule has 228 valence electrons. The number of carbonyl (C=O) groups excluding carboxylic acids is 4. The third-order valence-electron chi connectivity index (χ3n) is 8.49. The molecule has 2 saturated heterocycles. The van der Waals surface area contributed by atoms with Gasteiger partial charge in [0.25, 0.3) is 11.8 Å². The van der Waals surface area contributed by atoms with Crippen LogP contribution in [-0.2, 0) is 28.7 Å². The normalized spacial score (nSPS) is 23.2. The molecule has 2 atom stereocenters. The predicted octanol–water partition coefficient (Wildman–Crippen LogP) is 5.32. The van der Waals surface area contributed by atoms with Crippen LogP contribution < -0.4 is 0 Å². The molecule has 8 nitrogen and oxygen atoms in total. The molecule has 4 heterocycles. The quantitative estimate of drug-likeness (QED) is 0.172. The van der Waals surface area contributed by atoms with Crippen LogP contribution in [-0.4, -0.2) is 82.4 Å². The fourth-order valence-corrected chi connectivity index (χ4v) is 8.55.